The van der Waals surface area contributed by atoms with Gasteiger partial charge in [-0.05, 0) is 18.2 Å². The first kappa shape index (κ1) is 16.5. The number of aromatic nitrogens is 3. The van der Waals surface area contributed by atoms with Crippen LogP contribution in [0.5, 0.6) is 0 Å². The maximum absolute atomic E-state index is 12.9. The van der Waals surface area contributed by atoms with E-state index in [2.05, 4.69) is 10.1 Å². The van der Waals surface area contributed by atoms with E-state index in [1.165, 1.54) is 17.5 Å². The normalized spacial score (nSPS) is 12.6. The Kier molecular flexibility index (Phi) is 3.86. The van der Waals surface area contributed by atoms with Crippen LogP contribution in [0.25, 0.3) is 16.4 Å². The molecule has 0 fully saturated rings. The van der Waals surface area contributed by atoms with E-state index >= 15 is 0 Å². The molecule has 0 N–H and O–H groups in total. The lowest BCUT2D eigenvalue weighted by Crippen LogP contribution is -2.13. The molecular weight excluding hydrogens is 356 g/mol. The molecule has 3 nitrogen and oxygen atoms in total. The summed E-state index contributed by atoms with van der Waals surface area (Å²) in [6.45, 7) is 0. The van der Waals surface area contributed by atoms with Gasteiger partial charge in [-0.2, -0.15) is 31.4 Å². The molecule has 0 saturated carbocycles. The molecular formula is C14H7F6N3S. The fraction of sp³-hybridized carbons (Fsp3) is 0.143. The van der Waals surface area contributed by atoms with Gasteiger partial charge in [-0.3, -0.25) is 0 Å². The van der Waals surface area contributed by atoms with Crippen LogP contribution in [0.1, 0.15) is 11.3 Å². The molecule has 0 unspecified atom stereocenters. The monoisotopic (exact) mass is 363 g/mol. The largest absolute Gasteiger partial charge is 0.433 e. The Morgan fingerprint density at radius 1 is 0.958 bits per heavy atom. The average molecular weight is 363 g/mol. The minimum Gasteiger partial charge on any atom is -0.218 e. The van der Waals surface area contributed by atoms with Crippen molar-refractivity contribution in [3.05, 3.63) is 53.2 Å². The first-order chi connectivity index (χ1) is 11.2. The van der Waals surface area contributed by atoms with Gasteiger partial charge in [-0.25, -0.2) is 9.67 Å². The third-order valence-electron chi connectivity index (χ3n) is 3.09. The van der Waals surface area contributed by atoms with E-state index in [0.717, 1.165) is 35.7 Å². The minimum atomic E-state index is -4.61. The van der Waals surface area contributed by atoms with Crippen molar-refractivity contribution in [2.75, 3.05) is 0 Å². The predicted octanol–water partition coefficient (Wildman–Crippen LogP) is 5.03. The van der Waals surface area contributed by atoms with Crippen molar-refractivity contribution < 1.29 is 26.3 Å². The highest BCUT2D eigenvalue weighted by atomic mass is 32.1. The summed E-state index contributed by atoms with van der Waals surface area (Å²) in [7, 11) is 0. The van der Waals surface area contributed by atoms with Gasteiger partial charge < -0.3 is 0 Å². The van der Waals surface area contributed by atoms with E-state index in [1.54, 1.807) is 0 Å². The minimum absolute atomic E-state index is 0.0836. The van der Waals surface area contributed by atoms with Crippen LogP contribution in [0.4, 0.5) is 26.3 Å². The van der Waals surface area contributed by atoms with Crippen LogP contribution in [0.2, 0.25) is 0 Å². The van der Waals surface area contributed by atoms with E-state index in [4.69, 9.17) is 0 Å². The summed E-state index contributed by atoms with van der Waals surface area (Å²) in [5.74, 6) is 0. The van der Waals surface area contributed by atoms with Gasteiger partial charge in [0.05, 0.1) is 17.5 Å². The molecule has 2 aromatic heterocycles. The number of halogens is 6. The second-order valence-corrected chi connectivity index (χ2v) is 5.56. The Hall–Kier alpha value is -2.36. The van der Waals surface area contributed by atoms with Gasteiger partial charge in [-0.15, -0.1) is 11.3 Å². The Morgan fingerprint density at radius 2 is 1.71 bits per heavy atom. The Labute approximate surface area is 135 Å². The molecule has 0 aliphatic rings. The van der Waals surface area contributed by atoms with Crippen molar-refractivity contribution in [3.8, 4) is 16.4 Å². The van der Waals surface area contributed by atoms with Gasteiger partial charge in [0.1, 0.15) is 0 Å². The highest BCUT2D eigenvalue weighted by Gasteiger charge is 2.36. The topological polar surface area (TPSA) is 30.7 Å². The summed E-state index contributed by atoms with van der Waals surface area (Å²) in [4.78, 5) is 3.97. The zero-order chi connectivity index (χ0) is 17.5. The molecule has 24 heavy (non-hydrogen) atoms. The second-order valence-electron chi connectivity index (χ2n) is 4.72. The van der Waals surface area contributed by atoms with Crippen molar-refractivity contribution in [2.24, 2.45) is 0 Å². The van der Waals surface area contributed by atoms with Crippen molar-refractivity contribution in [3.63, 3.8) is 0 Å². The summed E-state index contributed by atoms with van der Waals surface area (Å²) in [5.41, 5.74) is -1.56. The molecule has 0 aliphatic carbocycles. The maximum atomic E-state index is 12.9. The number of hydrogen-bond acceptors (Lipinski definition) is 3. The lowest BCUT2D eigenvalue weighted by Gasteiger charge is -2.08. The number of benzene rings is 1. The van der Waals surface area contributed by atoms with Gasteiger partial charge in [0.15, 0.2) is 5.69 Å². The number of nitrogens with zero attached hydrogens (tertiary/aromatic N) is 3. The lowest BCUT2D eigenvalue weighted by atomic mass is 10.1. The Bertz CT molecular complexity index is 862. The van der Waals surface area contributed by atoms with Crippen LogP contribution in [0, 0.1) is 0 Å². The van der Waals surface area contributed by atoms with Gasteiger partial charge >= 0.3 is 12.4 Å². The smallest absolute Gasteiger partial charge is 0.218 e. The molecule has 0 amide bonds. The van der Waals surface area contributed by atoms with Gasteiger partial charge in [0.2, 0.25) is 5.13 Å². The Balaban J connectivity index is 2.00. The second kappa shape index (κ2) is 5.62. The summed E-state index contributed by atoms with van der Waals surface area (Å²) in [6, 6.07) is 5.22. The number of rotatable bonds is 2. The Morgan fingerprint density at radius 3 is 2.38 bits per heavy atom. The number of thiazole rings is 1. The molecule has 3 rings (SSSR count). The fourth-order valence-electron chi connectivity index (χ4n) is 2.02. The molecule has 126 valence electrons. The third-order valence-corrected chi connectivity index (χ3v) is 3.91. The van der Waals surface area contributed by atoms with Crippen LogP contribution in [-0.2, 0) is 12.4 Å². The molecule has 0 radical (unpaired) electrons. The van der Waals surface area contributed by atoms with E-state index in [-0.39, 0.29) is 16.4 Å². The van der Waals surface area contributed by atoms with E-state index in [9.17, 15) is 26.3 Å². The highest BCUT2D eigenvalue weighted by molar-refractivity contribution is 7.12. The molecule has 0 spiro atoms. The summed E-state index contributed by atoms with van der Waals surface area (Å²) >= 11 is 0.854. The van der Waals surface area contributed by atoms with Crippen molar-refractivity contribution in [1.82, 2.24) is 14.8 Å². The lowest BCUT2D eigenvalue weighted by molar-refractivity contribution is -0.142. The molecule has 0 saturated heterocycles. The van der Waals surface area contributed by atoms with Crippen molar-refractivity contribution in [1.29, 1.82) is 0 Å². The molecule has 0 atom stereocenters. The fourth-order valence-corrected chi connectivity index (χ4v) is 2.82. The third kappa shape index (κ3) is 3.14. The zero-order valence-electron chi connectivity index (χ0n) is 11.6. The summed E-state index contributed by atoms with van der Waals surface area (Å²) in [5, 5.41) is 4.88. The standard InChI is InChI=1S/C14H7F6N3S/c15-13(16,17)9-3-1-2-8(6-9)10-7-24-12(22-10)23-11(4-5-21-23)14(18,19)20/h1-7H. The average Bonchev–Trinajstić information content (AvgIpc) is 3.15. The maximum Gasteiger partial charge on any atom is 0.433 e. The van der Waals surface area contributed by atoms with Crippen LogP contribution in [0.15, 0.2) is 41.9 Å². The van der Waals surface area contributed by atoms with Crippen LogP contribution in [0.3, 0.4) is 0 Å². The molecule has 10 heteroatoms. The molecule has 1 aromatic carbocycles. The predicted molar refractivity (Wildman–Crippen MR) is 74.7 cm³/mol. The van der Waals surface area contributed by atoms with Crippen molar-refractivity contribution in [2.45, 2.75) is 12.4 Å². The number of hydrogen-bond donors (Lipinski definition) is 0. The molecule has 0 aliphatic heterocycles. The molecule has 2 heterocycles. The van der Waals surface area contributed by atoms with Crippen LogP contribution >= 0.6 is 11.3 Å². The summed E-state index contributed by atoms with van der Waals surface area (Å²) in [6.07, 6.45) is -8.15. The first-order valence-corrected chi connectivity index (χ1v) is 7.29. The van der Waals surface area contributed by atoms with Crippen LogP contribution in [-0.4, -0.2) is 14.8 Å². The summed E-state index contributed by atoms with van der Waals surface area (Å²) < 4.78 is 77.4. The molecule has 3 aromatic rings. The quantitative estimate of drug-likeness (QED) is 0.598. The van der Waals surface area contributed by atoms with E-state index < -0.39 is 23.6 Å². The van der Waals surface area contributed by atoms with Gasteiger partial charge in [-0.1, -0.05) is 12.1 Å². The van der Waals surface area contributed by atoms with Crippen molar-refractivity contribution >= 4 is 11.3 Å². The van der Waals surface area contributed by atoms with E-state index in [0.29, 0.717) is 4.68 Å². The highest BCUT2D eigenvalue weighted by Crippen LogP contribution is 2.34. The molecule has 0 bridgehead atoms. The van der Waals surface area contributed by atoms with Gasteiger partial charge in [0.25, 0.3) is 0 Å². The SMILES string of the molecule is FC(F)(F)c1cccc(-c2csc(-n3nccc3C(F)(F)F)n2)c1. The van der Waals surface area contributed by atoms with E-state index in [1.807, 2.05) is 0 Å². The van der Waals surface area contributed by atoms with Gasteiger partial charge in [0, 0.05) is 10.9 Å². The zero-order valence-corrected chi connectivity index (χ0v) is 12.4. The first-order valence-electron chi connectivity index (χ1n) is 6.41. The van der Waals surface area contributed by atoms with Crippen LogP contribution < -0.4 is 0 Å². The number of alkyl halides is 6.